The summed E-state index contributed by atoms with van der Waals surface area (Å²) in [5.41, 5.74) is 1.78. The fraction of sp³-hybridized carbons (Fsp3) is 0.600. The lowest BCUT2D eigenvalue weighted by molar-refractivity contribution is 0.349. The van der Waals surface area contributed by atoms with Crippen molar-refractivity contribution in [2.24, 2.45) is 0 Å². The fourth-order valence-electron chi connectivity index (χ4n) is 2.42. The summed E-state index contributed by atoms with van der Waals surface area (Å²) >= 11 is 0. The van der Waals surface area contributed by atoms with Crippen molar-refractivity contribution in [1.82, 2.24) is 9.62 Å². The normalized spacial score (nSPS) is 16.8. The van der Waals surface area contributed by atoms with Crippen molar-refractivity contribution in [3.63, 3.8) is 0 Å². The molecule has 0 atom stereocenters. The van der Waals surface area contributed by atoms with Crippen LogP contribution in [0.5, 0.6) is 0 Å². The van der Waals surface area contributed by atoms with E-state index >= 15 is 0 Å². The fourth-order valence-corrected chi connectivity index (χ4v) is 3.72. The van der Waals surface area contributed by atoms with E-state index in [1.54, 1.807) is 0 Å². The van der Waals surface area contributed by atoms with Crippen molar-refractivity contribution in [2.45, 2.75) is 39.2 Å². The second kappa shape index (κ2) is 7.77. The van der Waals surface area contributed by atoms with Crippen molar-refractivity contribution >= 4 is 15.9 Å². The van der Waals surface area contributed by atoms with E-state index in [0.29, 0.717) is 18.8 Å². The molecule has 1 heterocycles. The Morgan fingerprint density at radius 2 is 1.76 bits per heavy atom. The van der Waals surface area contributed by atoms with Gasteiger partial charge < -0.3 is 5.32 Å². The van der Waals surface area contributed by atoms with E-state index in [9.17, 15) is 8.42 Å². The molecule has 1 aliphatic heterocycles. The number of hydrogen-bond donors (Lipinski definition) is 2. The Morgan fingerprint density at radius 3 is 2.38 bits per heavy atom. The number of piperidine rings is 1. The van der Waals surface area contributed by atoms with Gasteiger partial charge in [0.25, 0.3) is 0 Å². The molecule has 1 aliphatic rings. The molecule has 0 amide bonds. The maximum absolute atomic E-state index is 12.3. The van der Waals surface area contributed by atoms with Gasteiger partial charge in [-0.15, -0.1) is 0 Å². The summed E-state index contributed by atoms with van der Waals surface area (Å²) in [5.74, 6) is 0. The molecular formula is C15H25N3O2S. The predicted octanol–water partition coefficient (Wildman–Crippen LogP) is 2.33. The summed E-state index contributed by atoms with van der Waals surface area (Å²) in [6.07, 6.45) is 4.12. The first-order valence-electron chi connectivity index (χ1n) is 7.69. The molecule has 0 aliphatic carbocycles. The van der Waals surface area contributed by atoms with Crippen molar-refractivity contribution < 1.29 is 8.42 Å². The molecule has 1 fully saturated rings. The van der Waals surface area contributed by atoms with E-state index in [2.05, 4.69) is 17.0 Å². The largest absolute Gasteiger partial charge is 0.313 e. The molecule has 21 heavy (non-hydrogen) atoms. The lowest BCUT2D eigenvalue weighted by Crippen LogP contribution is -2.39. The smallest absolute Gasteiger partial charge is 0.301 e. The summed E-state index contributed by atoms with van der Waals surface area (Å²) in [6.45, 7) is 5.17. The summed E-state index contributed by atoms with van der Waals surface area (Å²) in [7, 11) is -3.40. The van der Waals surface area contributed by atoms with Crippen LogP contribution < -0.4 is 10.0 Å². The van der Waals surface area contributed by atoms with Gasteiger partial charge in [-0.05, 0) is 43.5 Å². The monoisotopic (exact) mass is 311 g/mol. The van der Waals surface area contributed by atoms with E-state index in [1.165, 1.54) is 4.31 Å². The van der Waals surface area contributed by atoms with Crippen LogP contribution >= 0.6 is 0 Å². The van der Waals surface area contributed by atoms with Crippen molar-refractivity contribution in [3.05, 3.63) is 29.8 Å². The van der Waals surface area contributed by atoms with Crippen LogP contribution in [0.15, 0.2) is 24.3 Å². The second-order valence-corrected chi connectivity index (χ2v) is 7.11. The number of nitrogens with one attached hydrogen (secondary N) is 2. The molecule has 0 aromatic heterocycles. The third kappa shape index (κ3) is 4.98. The number of benzene rings is 1. The summed E-state index contributed by atoms with van der Waals surface area (Å²) < 4.78 is 28.7. The van der Waals surface area contributed by atoms with E-state index in [1.807, 2.05) is 24.3 Å². The van der Waals surface area contributed by atoms with Crippen LogP contribution in [0, 0.1) is 0 Å². The molecule has 2 rings (SSSR count). The molecule has 0 radical (unpaired) electrons. The highest BCUT2D eigenvalue weighted by atomic mass is 32.2. The van der Waals surface area contributed by atoms with Crippen LogP contribution in [-0.4, -0.2) is 32.4 Å². The van der Waals surface area contributed by atoms with Crippen LogP contribution in [-0.2, 0) is 16.8 Å². The van der Waals surface area contributed by atoms with Gasteiger partial charge in [-0.1, -0.05) is 25.5 Å². The minimum Gasteiger partial charge on any atom is -0.313 e. The van der Waals surface area contributed by atoms with Crippen LogP contribution in [0.4, 0.5) is 5.69 Å². The third-order valence-electron chi connectivity index (χ3n) is 3.61. The van der Waals surface area contributed by atoms with E-state index in [4.69, 9.17) is 0 Å². The Balaban J connectivity index is 1.92. The molecule has 1 aromatic carbocycles. The molecule has 5 nitrogen and oxygen atoms in total. The van der Waals surface area contributed by atoms with Gasteiger partial charge in [0.1, 0.15) is 0 Å². The first-order chi connectivity index (χ1) is 10.1. The zero-order valence-electron chi connectivity index (χ0n) is 12.6. The molecule has 1 aromatic rings. The van der Waals surface area contributed by atoms with E-state index in [-0.39, 0.29) is 0 Å². The van der Waals surface area contributed by atoms with Gasteiger partial charge in [0, 0.05) is 25.3 Å². The first kappa shape index (κ1) is 16.3. The van der Waals surface area contributed by atoms with Crippen LogP contribution in [0.2, 0.25) is 0 Å². The summed E-state index contributed by atoms with van der Waals surface area (Å²) in [6, 6.07) is 7.56. The summed E-state index contributed by atoms with van der Waals surface area (Å²) in [4.78, 5) is 0. The van der Waals surface area contributed by atoms with E-state index < -0.39 is 10.2 Å². The molecule has 118 valence electrons. The highest BCUT2D eigenvalue weighted by molar-refractivity contribution is 7.90. The number of anilines is 1. The molecule has 6 heteroatoms. The molecular weight excluding hydrogens is 286 g/mol. The van der Waals surface area contributed by atoms with Crippen LogP contribution in [0.3, 0.4) is 0 Å². The van der Waals surface area contributed by atoms with Gasteiger partial charge in [-0.3, -0.25) is 4.72 Å². The minimum absolute atomic E-state index is 0.619. The van der Waals surface area contributed by atoms with Gasteiger partial charge in [0.2, 0.25) is 0 Å². The lowest BCUT2D eigenvalue weighted by atomic mass is 10.2. The highest BCUT2D eigenvalue weighted by Gasteiger charge is 2.23. The Labute approximate surface area is 127 Å². The Morgan fingerprint density at radius 1 is 1.10 bits per heavy atom. The highest BCUT2D eigenvalue weighted by Crippen LogP contribution is 2.17. The Bertz CT molecular complexity index is 522. The Kier molecular flexibility index (Phi) is 6.02. The average Bonchev–Trinajstić information content (AvgIpc) is 2.50. The molecule has 0 spiro atoms. The maximum Gasteiger partial charge on any atom is 0.301 e. The number of rotatable bonds is 7. The summed E-state index contributed by atoms with van der Waals surface area (Å²) in [5, 5.41) is 3.32. The van der Waals surface area contributed by atoms with Gasteiger partial charge in [-0.25, -0.2) is 0 Å². The van der Waals surface area contributed by atoms with Crippen molar-refractivity contribution in [3.8, 4) is 0 Å². The maximum atomic E-state index is 12.3. The third-order valence-corrected chi connectivity index (χ3v) is 5.15. The zero-order valence-corrected chi connectivity index (χ0v) is 13.5. The van der Waals surface area contributed by atoms with Crippen molar-refractivity contribution in [1.29, 1.82) is 0 Å². The molecule has 0 unspecified atom stereocenters. The quantitative estimate of drug-likeness (QED) is 0.760. The molecule has 1 saturated heterocycles. The van der Waals surface area contributed by atoms with Crippen molar-refractivity contribution in [2.75, 3.05) is 24.4 Å². The second-order valence-electron chi connectivity index (χ2n) is 5.44. The standard InChI is InChI=1S/C15H25N3O2S/c1-2-10-16-13-14-6-8-15(9-7-14)17-21(19,20)18-11-4-3-5-12-18/h6-9,16-17H,2-5,10-13H2,1H3. The number of hydrogen-bond acceptors (Lipinski definition) is 3. The van der Waals surface area contributed by atoms with Gasteiger partial charge in [0.15, 0.2) is 0 Å². The van der Waals surface area contributed by atoms with Crippen LogP contribution in [0.1, 0.15) is 38.2 Å². The van der Waals surface area contributed by atoms with Gasteiger partial charge in [-0.2, -0.15) is 12.7 Å². The van der Waals surface area contributed by atoms with E-state index in [0.717, 1.165) is 44.3 Å². The zero-order chi connectivity index (χ0) is 15.1. The lowest BCUT2D eigenvalue weighted by Gasteiger charge is -2.26. The van der Waals surface area contributed by atoms with Gasteiger partial charge in [0.05, 0.1) is 0 Å². The van der Waals surface area contributed by atoms with Crippen LogP contribution in [0.25, 0.3) is 0 Å². The first-order valence-corrected chi connectivity index (χ1v) is 9.13. The number of nitrogens with zero attached hydrogens (tertiary/aromatic N) is 1. The molecule has 2 N–H and O–H groups in total. The predicted molar refractivity (Wildman–Crippen MR) is 86.4 cm³/mol. The molecule has 0 bridgehead atoms. The minimum atomic E-state index is -3.40. The Hall–Kier alpha value is -1.11. The average molecular weight is 311 g/mol. The van der Waals surface area contributed by atoms with Gasteiger partial charge >= 0.3 is 10.2 Å². The topological polar surface area (TPSA) is 61.4 Å². The SMILES string of the molecule is CCCNCc1ccc(NS(=O)(=O)N2CCCCC2)cc1. The molecule has 0 saturated carbocycles.